The second-order valence-electron chi connectivity index (χ2n) is 5.96. The van der Waals surface area contributed by atoms with Crippen LogP contribution in [0.4, 0.5) is 5.69 Å². The van der Waals surface area contributed by atoms with Crippen LogP contribution in [0.2, 0.25) is 0 Å². The summed E-state index contributed by atoms with van der Waals surface area (Å²) in [5, 5.41) is 5.98. The Hall–Kier alpha value is -3.32. The Morgan fingerprint density at radius 1 is 1.00 bits per heavy atom. The zero-order chi connectivity index (χ0) is 20.5. The summed E-state index contributed by atoms with van der Waals surface area (Å²) < 4.78 is 5.37. The average molecular weight is 407 g/mol. The summed E-state index contributed by atoms with van der Waals surface area (Å²) in [7, 11) is 0. The van der Waals surface area contributed by atoms with Crippen molar-refractivity contribution in [2.75, 3.05) is 18.5 Å². The molecule has 0 aliphatic carbocycles. The van der Waals surface area contributed by atoms with E-state index in [0.29, 0.717) is 22.9 Å². The van der Waals surface area contributed by atoms with Crippen molar-refractivity contribution in [2.45, 2.75) is 16.8 Å². The van der Waals surface area contributed by atoms with E-state index < -0.39 is 0 Å². The Morgan fingerprint density at radius 2 is 1.76 bits per heavy atom. The number of ether oxygens (including phenoxy) is 1. The van der Waals surface area contributed by atoms with Gasteiger partial charge in [0.05, 0.1) is 18.7 Å². The van der Waals surface area contributed by atoms with Crippen molar-refractivity contribution in [3.05, 3.63) is 78.5 Å². The SMILES string of the molecule is CCOc1ccc(NC(=O)CNC(=O)c2cccnc2Sc2ccccc2)cc1. The van der Waals surface area contributed by atoms with Crippen molar-refractivity contribution in [2.24, 2.45) is 0 Å². The fourth-order valence-corrected chi connectivity index (χ4v) is 3.41. The zero-order valence-electron chi connectivity index (χ0n) is 15.9. The van der Waals surface area contributed by atoms with E-state index in [1.165, 1.54) is 11.8 Å². The highest BCUT2D eigenvalue weighted by Gasteiger charge is 2.14. The predicted molar refractivity (Wildman–Crippen MR) is 113 cm³/mol. The molecule has 1 heterocycles. The lowest BCUT2D eigenvalue weighted by molar-refractivity contribution is -0.115. The number of hydrogen-bond acceptors (Lipinski definition) is 5. The summed E-state index contributed by atoms with van der Waals surface area (Å²) in [4.78, 5) is 30.0. The fraction of sp³-hybridized carbons (Fsp3) is 0.136. The molecule has 0 atom stereocenters. The molecule has 0 bridgehead atoms. The first-order valence-electron chi connectivity index (χ1n) is 9.14. The number of nitrogens with one attached hydrogen (secondary N) is 2. The minimum atomic E-state index is -0.349. The summed E-state index contributed by atoms with van der Waals surface area (Å²) in [6.45, 7) is 2.34. The molecule has 0 radical (unpaired) electrons. The Balaban J connectivity index is 1.57. The van der Waals surface area contributed by atoms with E-state index in [0.717, 1.165) is 10.6 Å². The van der Waals surface area contributed by atoms with Gasteiger partial charge < -0.3 is 15.4 Å². The highest BCUT2D eigenvalue weighted by molar-refractivity contribution is 7.99. The van der Waals surface area contributed by atoms with Gasteiger partial charge in [0, 0.05) is 16.8 Å². The van der Waals surface area contributed by atoms with Crippen LogP contribution in [0.1, 0.15) is 17.3 Å². The highest BCUT2D eigenvalue weighted by Crippen LogP contribution is 2.28. The molecule has 0 aliphatic rings. The number of anilines is 1. The number of benzene rings is 2. The van der Waals surface area contributed by atoms with Crippen LogP contribution in [0, 0.1) is 0 Å². The molecule has 6 nitrogen and oxygen atoms in total. The van der Waals surface area contributed by atoms with Crippen LogP contribution >= 0.6 is 11.8 Å². The third-order valence-corrected chi connectivity index (χ3v) is 4.86. The second kappa shape index (κ2) is 10.3. The molecule has 148 valence electrons. The number of nitrogens with zero attached hydrogens (tertiary/aromatic N) is 1. The van der Waals surface area contributed by atoms with Gasteiger partial charge in [-0.3, -0.25) is 9.59 Å². The Morgan fingerprint density at radius 3 is 2.48 bits per heavy atom. The van der Waals surface area contributed by atoms with Crippen molar-refractivity contribution < 1.29 is 14.3 Å². The third-order valence-electron chi connectivity index (χ3n) is 3.83. The molecule has 0 unspecified atom stereocenters. The number of rotatable bonds is 8. The second-order valence-corrected chi connectivity index (χ2v) is 7.02. The number of amides is 2. The van der Waals surface area contributed by atoms with E-state index in [9.17, 15) is 9.59 Å². The van der Waals surface area contributed by atoms with E-state index >= 15 is 0 Å². The zero-order valence-corrected chi connectivity index (χ0v) is 16.7. The summed E-state index contributed by atoms with van der Waals surface area (Å²) in [5.74, 6) is 0.0702. The molecule has 0 fully saturated rings. The molecule has 3 rings (SSSR count). The van der Waals surface area contributed by atoms with Crippen LogP contribution in [0.15, 0.2) is 82.8 Å². The van der Waals surface area contributed by atoms with Gasteiger partial charge in [-0.15, -0.1) is 0 Å². The Bertz CT molecular complexity index is 963. The molecule has 0 saturated heterocycles. The van der Waals surface area contributed by atoms with Crippen LogP contribution < -0.4 is 15.4 Å². The molecule has 2 amide bonds. The van der Waals surface area contributed by atoms with Crippen LogP contribution in [0.25, 0.3) is 0 Å². The lowest BCUT2D eigenvalue weighted by Gasteiger charge is -2.10. The quantitative estimate of drug-likeness (QED) is 0.590. The standard InChI is InChI=1S/C22H21N3O3S/c1-2-28-17-12-10-16(11-13-17)25-20(26)15-24-21(27)19-9-6-14-23-22(19)29-18-7-4-3-5-8-18/h3-14H,2,15H2,1H3,(H,24,27)(H,25,26). The van der Waals surface area contributed by atoms with Crippen molar-refractivity contribution in [1.82, 2.24) is 10.3 Å². The molecule has 1 aromatic heterocycles. The van der Waals surface area contributed by atoms with Gasteiger partial charge in [-0.05, 0) is 55.5 Å². The van der Waals surface area contributed by atoms with Crippen molar-refractivity contribution >= 4 is 29.3 Å². The van der Waals surface area contributed by atoms with E-state index in [2.05, 4.69) is 15.6 Å². The molecule has 29 heavy (non-hydrogen) atoms. The van der Waals surface area contributed by atoms with Gasteiger partial charge in [-0.2, -0.15) is 0 Å². The van der Waals surface area contributed by atoms with Gasteiger partial charge in [0.25, 0.3) is 5.91 Å². The van der Waals surface area contributed by atoms with Gasteiger partial charge in [0.1, 0.15) is 10.8 Å². The summed E-state index contributed by atoms with van der Waals surface area (Å²) in [5.41, 5.74) is 1.06. The van der Waals surface area contributed by atoms with E-state index in [1.54, 1.807) is 42.6 Å². The van der Waals surface area contributed by atoms with Crippen LogP contribution in [-0.4, -0.2) is 29.9 Å². The molecule has 7 heteroatoms. The maximum Gasteiger partial charge on any atom is 0.254 e. The summed E-state index contributed by atoms with van der Waals surface area (Å²) in [6, 6.07) is 20.1. The van der Waals surface area contributed by atoms with E-state index in [4.69, 9.17) is 4.74 Å². The number of carbonyl (C=O) groups excluding carboxylic acids is 2. The predicted octanol–water partition coefficient (Wildman–Crippen LogP) is 4.00. The number of aromatic nitrogens is 1. The summed E-state index contributed by atoms with van der Waals surface area (Å²) in [6.07, 6.45) is 1.64. The Labute approximate surface area is 173 Å². The average Bonchev–Trinajstić information content (AvgIpc) is 2.75. The fourth-order valence-electron chi connectivity index (χ4n) is 2.51. The van der Waals surface area contributed by atoms with Crippen LogP contribution in [0.5, 0.6) is 5.75 Å². The van der Waals surface area contributed by atoms with Crippen LogP contribution in [0.3, 0.4) is 0 Å². The van der Waals surface area contributed by atoms with Gasteiger partial charge in [-0.25, -0.2) is 4.98 Å². The third kappa shape index (κ3) is 6.08. The molecule has 0 aliphatic heterocycles. The molecule has 0 saturated carbocycles. The molecule has 2 N–H and O–H groups in total. The normalized spacial score (nSPS) is 10.2. The molecular weight excluding hydrogens is 386 g/mol. The molecular formula is C22H21N3O3S. The molecule has 0 spiro atoms. The largest absolute Gasteiger partial charge is 0.494 e. The molecule has 3 aromatic rings. The number of carbonyl (C=O) groups is 2. The smallest absolute Gasteiger partial charge is 0.254 e. The minimum absolute atomic E-state index is 0.142. The minimum Gasteiger partial charge on any atom is -0.494 e. The van der Waals surface area contributed by atoms with E-state index in [1.807, 2.05) is 37.3 Å². The molecule has 2 aromatic carbocycles. The van der Waals surface area contributed by atoms with Gasteiger partial charge >= 0.3 is 0 Å². The lowest BCUT2D eigenvalue weighted by Crippen LogP contribution is -2.33. The lowest BCUT2D eigenvalue weighted by atomic mass is 10.2. The first-order chi connectivity index (χ1) is 14.2. The van der Waals surface area contributed by atoms with E-state index in [-0.39, 0.29) is 18.4 Å². The van der Waals surface area contributed by atoms with Gasteiger partial charge in [-0.1, -0.05) is 30.0 Å². The topological polar surface area (TPSA) is 80.3 Å². The first-order valence-corrected chi connectivity index (χ1v) is 9.96. The monoisotopic (exact) mass is 407 g/mol. The first kappa shape index (κ1) is 20.4. The van der Waals surface area contributed by atoms with Crippen molar-refractivity contribution in [3.63, 3.8) is 0 Å². The Kier molecular flexibility index (Phi) is 7.24. The number of pyridine rings is 1. The van der Waals surface area contributed by atoms with Gasteiger partial charge in [0.2, 0.25) is 5.91 Å². The van der Waals surface area contributed by atoms with Crippen molar-refractivity contribution in [1.29, 1.82) is 0 Å². The van der Waals surface area contributed by atoms with Gasteiger partial charge in [0.15, 0.2) is 0 Å². The number of hydrogen-bond donors (Lipinski definition) is 2. The highest BCUT2D eigenvalue weighted by atomic mass is 32.2. The maximum atomic E-state index is 12.6. The van der Waals surface area contributed by atoms with Crippen LogP contribution in [-0.2, 0) is 4.79 Å². The maximum absolute atomic E-state index is 12.6. The summed E-state index contributed by atoms with van der Waals surface area (Å²) >= 11 is 1.40. The van der Waals surface area contributed by atoms with Crippen molar-refractivity contribution in [3.8, 4) is 5.75 Å².